The van der Waals surface area contributed by atoms with Crippen LogP contribution in [-0.4, -0.2) is 44.3 Å². The van der Waals surface area contributed by atoms with Gasteiger partial charge in [0.25, 0.3) is 5.91 Å². The van der Waals surface area contributed by atoms with Crippen molar-refractivity contribution in [3.8, 4) is 0 Å². The minimum atomic E-state index is -1.24. The lowest BCUT2D eigenvalue weighted by Crippen LogP contribution is -2.30. The molecule has 3 amide bonds. The van der Waals surface area contributed by atoms with E-state index in [0.717, 1.165) is 16.7 Å². The molecule has 1 aromatic heterocycles. The molecule has 2 aromatic rings. The predicted molar refractivity (Wildman–Crippen MR) is 81.6 cm³/mol. The molecule has 2 heterocycles. The monoisotopic (exact) mass is 327 g/mol. The van der Waals surface area contributed by atoms with Gasteiger partial charge < -0.3 is 9.52 Å². The fourth-order valence-electron chi connectivity index (χ4n) is 2.19. The molecule has 1 fully saturated rings. The Morgan fingerprint density at radius 1 is 1.29 bits per heavy atom. The number of carbonyl (C=O) groups is 3. The van der Waals surface area contributed by atoms with Gasteiger partial charge in [0.05, 0.1) is 0 Å². The summed E-state index contributed by atoms with van der Waals surface area (Å²) >= 11 is 0. The van der Waals surface area contributed by atoms with Crippen LogP contribution in [0.15, 0.2) is 47.2 Å². The molecule has 0 radical (unpaired) electrons. The van der Waals surface area contributed by atoms with Gasteiger partial charge in [-0.1, -0.05) is 30.3 Å². The molecule has 122 valence electrons. The maximum absolute atomic E-state index is 12.3. The molecule has 0 spiro atoms. The van der Waals surface area contributed by atoms with E-state index in [9.17, 15) is 14.4 Å². The number of carboxylic acid groups (broad SMARTS) is 1. The third-order valence-corrected chi connectivity index (χ3v) is 3.39. The summed E-state index contributed by atoms with van der Waals surface area (Å²) in [7, 11) is 0. The highest BCUT2D eigenvalue weighted by atomic mass is 16.4. The summed E-state index contributed by atoms with van der Waals surface area (Å²) in [5.74, 6) is -1.66. The Balaban J connectivity index is 1.69. The number of imide groups is 1. The Morgan fingerprint density at radius 3 is 2.71 bits per heavy atom. The molecule has 1 aromatic carbocycles. The fraction of sp³-hybridized carbons (Fsp3) is 0.125. The molecule has 0 saturated carbocycles. The first-order chi connectivity index (χ1) is 11.5. The van der Waals surface area contributed by atoms with Crippen LogP contribution in [0, 0.1) is 0 Å². The standard InChI is InChI=1S/C16H13N3O5/c20-14-9-18(7-6-11-4-2-1-3-5-11)16(23)19(14)8-13-17-12(10-24-13)15(21)22/h1-7,10H,8-9H2,(H,21,22)/b7-6+. The van der Waals surface area contributed by atoms with Crippen LogP contribution < -0.4 is 0 Å². The Labute approximate surface area is 136 Å². The zero-order chi connectivity index (χ0) is 17.1. The summed E-state index contributed by atoms with van der Waals surface area (Å²) in [6, 6.07) is 8.85. The number of benzene rings is 1. The van der Waals surface area contributed by atoms with Gasteiger partial charge in [0, 0.05) is 6.20 Å². The molecule has 0 bridgehead atoms. The quantitative estimate of drug-likeness (QED) is 0.840. The minimum Gasteiger partial charge on any atom is -0.476 e. The van der Waals surface area contributed by atoms with Crippen molar-refractivity contribution in [2.45, 2.75) is 6.54 Å². The highest BCUT2D eigenvalue weighted by Gasteiger charge is 2.35. The summed E-state index contributed by atoms with van der Waals surface area (Å²) in [4.78, 5) is 41.0. The number of hydrogen-bond donors (Lipinski definition) is 1. The van der Waals surface area contributed by atoms with Crippen LogP contribution in [0.5, 0.6) is 0 Å². The van der Waals surface area contributed by atoms with Crippen LogP contribution in [0.2, 0.25) is 0 Å². The first-order valence-electron chi connectivity index (χ1n) is 7.06. The van der Waals surface area contributed by atoms with Crippen molar-refractivity contribution in [2.75, 3.05) is 6.54 Å². The second-order valence-electron chi connectivity index (χ2n) is 5.05. The number of aromatic carboxylic acids is 1. The zero-order valence-corrected chi connectivity index (χ0v) is 12.5. The fourth-order valence-corrected chi connectivity index (χ4v) is 2.19. The van der Waals surface area contributed by atoms with E-state index in [-0.39, 0.29) is 24.7 Å². The van der Waals surface area contributed by atoms with Crippen molar-refractivity contribution in [2.24, 2.45) is 0 Å². The summed E-state index contributed by atoms with van der Waals surface area (Å²) in [6.07, 6.45) is 4.23. The SMILES string of the molecule is O=C(O)c1coc(CN2C(=O)CN(/C=C/c3ccccc3)C2=O)n1. The molecule has 3 rings (SSSR count). The molecule has 0 aliphatic carbocycles. The normalized spacial score (nSPS) is 14.8. The highest BCUT2D eigenvalue weighted by Crippen LogP contribution is 2.16. The van der Waals surface area contributed by atoms with Gasteiger partial charge in [-0.15, -0.1) is 0 Å². The predicted octanol–water partition coefficient (Wildman–Crippen LogP) is 1.81. The third-order valence-electron chi connectivity index (χ3n) is 3.39. The van der Waals surface area contributed by atoms with Crippen molar-refractivity contribution in [1.82, 2.24) is 14.8 Å². The smallest absolute Gasteiger partial charge is 0.357 e. The molecule has 24 heavy (non-hydrogen) atoms. The number of hydrogen-bond acceptors (Lipinski definition) is 5. The third kappa shape index (κ3) is 3.17. The number of urea groups is 1. The van der Waals surface area contributed by atoms with Crippen molar-refractivity contribution in [1.29, 1.82) is 0 Å². The van der Waals surface area contributed by atoms with Gasteiger partial charge in [0.15, 0.2) is 5.69 Å². The van der Waals surface area contributed by atoms with Crippen molar-refractivity contribution < 1.29 is 23.9 Å². The van der Waals surface area contributed by atoms with Gasteiger partial charge in [-0.2, -0.15) is 0 Å². The lowest BCUT2D eigenvalue weighted by Gasteiger charge is -2.12. The van der Waals surface area contributed by atoms with E-state index < -0.39 is 17.9 Å². The first kappa shape index (κ1) is 15.5. The Kier molecular flexibility index (Phi) is 4.11. The second kappa shape index (κ2) is 6.37. The van der Waals surface area contributed by atoms with E-state index in [4.69, 9.17) is 9.52 Å². The molecule has 1 N–H and O–H groups in total. The molecule has 1 saturated heterocycles. The minimum absolute atomic E-state index is 0.0111. The summed E-state index contributed by atoms with van der Waals surface area (Å²) < 4.78 is 4.97. The largest absolute Gasteiger partial charge is 0.476 e. The molecule has 8 heteroatoms. The van der Waals surface area contributed by atoms with Gasteiger partial charge in [0.2, 0.25) is 5.89 Å². The van der Waals surface area contributed by atoms with Crippen LogP contribution in [0.3, 0.4) is 0 Å². The average molecular weight is 327 g/mol. The molecule has 8 nitrogen and oxygen atoms in total. The van der Waals surface area contributed by atoms with E-state index in [2.05, 4.69) is 4.98 Å². The molecular formula is C16H13N3O5. The average Bonchev–Trinajstić information content (AvgIpc) is 3.14. The van der Waals surface area contributed by atoms with E-state index in [1.165, 1.54) is 11.1 Å². The van der Waals surface area contributed by atoms with E-state index in [0.29, 0.717) is 0 Å². The molecular weight excluding hydrogens is 314 g/mol. The van der Waals surface area contributed by atoms with E-state index >= 15 is 0 Å². The van der Waals surface area contributed by atoms with Crippen LogP contribution >= 0.6 is 0 Å². The van der Waals surface area contributed by atoms with Gasteiger partial charge >= 0.3 is 12.0 Å². The molecule has 1 aliphatic heterocycles. The topological polar surface area (TPSA) is 104 Å². The molecule has 0 atom stereocenters. The van der Waals surface area contributed by atoms with Gasteiger partial charge in [-0.05, 0) is 11.6 Å². The molecule has 0 unspecified atom stereocenters. The van der Waals surface area contributed by atoms with Crippen LogP contribution in [0.25, 0.3) is 6.08 Å². The number of amides is 3. The number of carbonyl (C=O) groups excluding carboxylic acids is 2. The number of oxazole rings is 1. The highest BCUT2D eigenvalue weighted by molar-refractivity contribution is 6.02. The van der Waals surface area contributed by atoms with Crippen LogP contribution in [-0.2, 0) is 11.3 Å². The Morgan fingerprint density at radius 2 is 2.04 bits per heavy atom. The maximum Gasteiger partial charge on any atom is 0.357 e. The van der Waals surface area contributed by atoms with Gasteiger partial charge in [0.1, 0.15) is 19.4 Å². The van der Waals surface area contributed by atoms with Gasteiger partial charge in [-0.3, -0.25) is 14.6 Å². The zero-order valence-electron chi connectivity index (χ0n) is 12.5. The number of aromatic nitrogens is 1. The maximum atomic E-state index is 12.3. The van der Waals surface area contributed by atoms with E-state index in [1.807, 2.05) is 30.3 Å². The second-order valence-corrected chi connectivity index (χ2v) is 5.05. The van der Waals surface area contributed by atoms with Crippen LogP contribution in [0.4, 0.5) is 4.79 Å². The van der Waals surface area contributed by atoms with Gasteiger partial charge in [-0.25, -0.2) is 14.6 Å². The Hall–Kier alpha value is -3.42. The van der Waals surface area contributed by atoms with Crippen molar-refractivity contribution in [3.05, 3.63) is 59.9 Å². The molecule has 1 aliphatic rings. The van der Waals surface area contributed by atoms with E-state index in [1.54, 1.807) is 6.08 Å². The van der Waals surface area contributed by atoms with Crippen molar-refractivity contribution >= 4 is 24.0 Å². The summed E-state index contributed by atoms with van der Waals surface area (Å²) in [6.45, 7) is -0.296. The number of nitrogens with zero attached hydrogens (tertiary/aromatic N) is 3. The van der Waals surface area contributed by atoms with Crippen LogP contribution in [0.1, 0.15) is 21.9 Å². The lowest BCUT2D eigenvalue weighted by molar-refractivity contribution is -0.125. The number of carboxylic acids is 1. The summed E-state index contributed by atoms with van der Waals surface area (Å²) in [5.41, 5.74) is 0.625. The lowest BCUT2D eigenvalue weighted by atomic mass is 10.2. The first-order valence-corrected chi connectivity index (χ1v) is 7.06. The number of rotatable bonds is 5. The van der Waals surface area contributed by atoms with Crippen molar-refractivity contribution in [3.63, 3.8) is 0 Å². The Bertz CT molecular complexity index is 812. The summed E-state index contributed by atoms with van der Waals surface area (Å²) in [5, 5.41) is 8.80.